The van der Waals surface area contributed by atoms with E-state index >= 15 is 0 Å². The topological polar surface area (TPSA) is 69.3 Å². The van der Waals surface area contributed by atoms with E-state index in [1.54, 1.807) is 33.1 Å². The van der Waals surface area contributed by atoms with Crippen LogP contribution in [0.25, 0.3) is 0 Å². The maximum Gasteiger partial charge on any atom is 0.130 e. The molecule has 2 aliphatic rings. The van der Waals surface area contributed by atoms with Crippen LogP contribution in [0.4, 0.5) is 0 Å². The van der Waals surface area contributed by atoms with Gasteiger partial charge in [-0.2, -0.15) is 0 Å². The summed E-state index contributed by atoms with van der Waals surface area (Å²) in [6.45, 7) is 6.52. The molecule has 0 saturated carbocycles. The summed E-state index contributed by atoms with van der Waals surface area (Å²) in [5, 5.41) is 0.221. The first kappa shape index (κ1) is 16.4. The van der Waals surface area contributed by atoms with Crippen LogP contribution in [0, 0.1) is 0 Å². The summed E-state index contributed by atoms with van der Waals surface area (Å²) < 4.78 is 16.6. The molecule has 2 aliphatic heterocycles. The Hall–Kier alpha value is -1.02. The van der Waals surface area contributed by atoms with Crippen LogP contribution in [-0.2, 0) is 14.2 Å². The molecule has 118 valence electrons. The molecule has 0 spiro atoms. The minimum Gasteiger partial charge on any atom is -0.383 e. The number of rotatable bonds is 5. The number of ether oxygens (including phenoxy) is 3. The number of hydrogen-bond donors (Lipinski definition) is 1. The lowest BCUT2D eigenvalue weighted by Crippen LogP contribution is -2.43. The largest absolute Gasteiger partial charge is 0.383 e. The molecule has 4 atom stereocenters. The molecule has 2 rings (SSSR count). The molecule has 0 bridgehead atoms. The molecular weight excluding hydrogens is 290 g/mol. The molecule has 1 fully saturated rings. The van der Waals surface area contributed by atoms with Gasteiger partial charge in [0.2, 0.25) is 0 Å². The van der Waals surface area contributed by atoms with Gasteiger partial charge in [0.05, 0.1) is 11.9 Å². The van der Waals surface area contributed by atoms with Gasteiger partial charge in [-0.1, -0.05) is 6.58 Å². The van der Waals surface area contributed by atoms with Crippen LogP contribution in [0.2, 0.25) is 0 Å². The average Bonchev–Trinajstić information content (AvgIpc) is 2.80. The maximum absolute atomic E-state index is 5.84. The van der Waals surface area contributed by atoms with Crippen molar-refractivity contribution in [2.24, 2.45) is 10.7 Å². The smallest absolute Gasteiger partial charge is 0.130 e. The molecule has 0 radical (unpaired) electrons. The van der Waals surface area contributed by atoms with Crippen molar-refractivity contribution in [2.75, 3.05) is 27.9 Å². The lowest BCUT2D eigenvalue weighted by Gasteiger charge is -2.33. The van der Waals surface area contributed by atoms with E-state index in [9.17, 15) is 0 Å². The van der Waals surface area contributed by atoms with E-state index in [1.807, 2.05) is 18.0 Å². The Balaban J connectivity index is 2.24. The highest BCUT2D eigenvalue weighted by molar-refractivity contribution is 8.00. The van der Waals surface area contributed by atoms with Crippen molar-refractivity contribution in [3.8, 4) is 0 Å². The number of methoxy groups -OCH3 is 3. The van der Waals surface area contributed by atoms with Crippen molar-refractivity contribution in [3.63, 3.8) is 0 Å². The Bertz CT molecular complexity index is 466. The number of nitrogens with zero attached hydrogens (tertiary/aromatic N) is 2. The Labute approximate surface area is 130 Å². The molecule has 0 aromatic rings. The highest BCUT2D eigenvalue weighted by atomic mass is 32.2. The van der Waals surface area contributed by atoms with Crippen molar-refractivity contribution in [1.29, 1.82) is 0 Å². The Morgan fingerprint density at radius 1 is 1.33 bits per heavy atom. The van der Waals surface area contributed by atoms with Gasteiger partial charge in [0.25, 0.3) is 0 Å². The monoisotopic (exact) mass is 313 g/mol. The predicted molar refractivity (Wildman–Crippen MR) is 85.0 cm³/mol. The summed E-state index contributed by atoms with van der Waals surface area (Å²) in [5.74, 6) is 1.12. The number of nitrogens with two attached hydrogens (primary N) is 1. The van der Waals surface area contributed by atoms with Crippen molar-refractivity contribution in [3.05, 3.63) is 24.2 Å². The van der Waals surface area contributed by atoms with Gasteiger partial charge in [-0.3, -0.25) is 0 Å². The van der Waals surface area contributed by atoms with Crippen molar-refractivity contribution < 1.29 is 14.2 Å². The van der Waals surface area contributed by atoms with Crippen LogP contribution in [0.3, 0.4) is 0 Å². The van der Waals surface area contributed by atoms with E-state index in [-0.39, 0.29) is 22.8 Å². The first-order valence-electron chi connectivity index (χ1n) is 6.73. The number of hydrogen-bond acceptors (Lipinski definition) is 7. The summed E-state index contributed by atoms with van der Waals surface area (Å²) >= 11 is 1.75. The second-order valence-electron chi connectivity index (χ2n) is 5.05. The van der Waals surface area contributed by atoms with Gasteiger partial charge >= 0.3 is 0 Å². The number of aliphatic imine (C=N–C) groups is 1. The molecule has 0 aromatic carbocycles. The van der Waals surface area contributed by atoms with Crippen molar-refractivity contribution in [1.82, 2.24) is 4.90 Å². The first-order chi connectivity index (χ1) is 10.0. The van der Waals surface area contributed by atoms with Crippen molar-refractivity contribution in [2.45, 2.75) is 29.8 Å². The summed E-state index contributed by atoms with van der Waals surface area (Å²) in [6.07, 6.45) is 1.82. The third-order valence-corrected chi connectivity index (χ3v) is 5.25. The second kappa shape index (κ2) is 6.83. The fourth-order valence-corrected chi connectivity index (χ4v) is 4.35. The Morgan fingerprint density at radius 3 is 2.57 bits per heavy atom. The molecule has 0 aromatic heterocycles. The normalized spacial score (nSPS) is 33.1. The van der Waals surface area contributed by atoms with E-state index in [1.165, 1.54) is 0 Å². The molecule has 1 unspecified atom stereocenters. The molecular formula is C14H23N3O3S. The standard InChI is InChI=1S/C14H23N3O3S/c1-8-6-17(9(2)16-13(8)15)14-12(20-5)11(19-4)10(21-14)7-18-3/h6,10-12,14H,2,7H2,1,3-5H3,(H2,15,16)/t10-,11?,12+,14-/m1/s1. The van der Waals surface area contributed by atoms with Crippen LogP contribution in [0.1, 0.15) is 6.92 Å². The highest BCUT2D eigenvalue weighted by Gasteiger charge is 2.47. The molecule has 2 heterocycles. The first-order valence-corrected chi connectivity index (χ1v) is 7.68. The van der Waals surface area contributed by atoms with Gasteiger partial charge in [-0.15, -0.1) is 11.8 Å². The quantitative estimate of drug-likeness (QED) is 0.821. The Morgan fingerprint density at radius 2 is 2.00 bits per heavy atom. The summed E-state index contributed by atoms with van der Waals surface area (Å²) in [5.41, 5.74) is 6.76. The highest BCUT2D eigenvalue weighted by Crippen LogP contribution is 2.41. The van der Waals surface area contributed by atoms with Gasteiger partial charge < -0.3 is 24.8 Å². The fraction of sp³-hybridized carbons (Fsp3) is 0.643. The molecule has 21 heavy (non-hydrogen) atoms. The average molecular weight is 313 g/mol. The van der Waals surface area contributed by atoms with Crippen molar-refractivity contribution >= 4 is 17.6 Å². The SMILES string of the molecule is C=C1N=C(N)C(C)=CN1[C@@H]1S[C@H](COC)C(OC)[C@@H]1OC. The minimum absolute atomic E-state index is 0.0272. The van der Waals surface area contributed by atoms with E-state index in [2.05, 4.69) is 11.6 Å². The van der Waals surface area contributed by atoms with E-state index in [0.717, 1.165) is 5.57 Å². The van der Waals surface area contributed by atoms with Gasteiger partial charge in [0, 0.05) is 33.1 Å². The van der Waals surface area contributed by atoms with Crippen LogP contribution in [-0.4, -0.2) is 61.5 Å². The molecule has 1 saturated heterocycles. The van der Waals surface area contributed by atoms with E-state index in [4.69, 9.17) is 19.9 Å². The number of amidine groups is 1. The summed E-state index contributed by atoms with van der Waals surface area (Å²) in [6, 6.07) is 0. The van der Waals surface area contributed by atoms with Crippen LogP contribution in [0.15, 0.2) is 29.2 Å². The third kappa shape index (κ3) is 3.11. The summed E-state index contributed by atoms with van der Waals surface area (Å²) in [4.78, 5) is 6.30. The lowest BCUT2D eigenvalue weighted by atomic mass is 10.1. The van der Waals surface area contributed by atoms with Gasteiger partial charge in [-0.05, 0) is 6.92 Å². The molecule has 0 aliphatic carbocycles. The van der Waals surface area contributed by atoms with E-state index < -0.39 is 0 Å². The zero-order chi connectivity index (χ0) is 15.6. The van der Waals surface area contributed by atoms with Crippen LogP contribution in [0.5, 0.6) is 0 Å². The summed E-state index contributed by atoms with van der Waals surface area (Å²) in [7, 11) is 5.09. The zero-order valence-electron chi connectivity index (χ0n) is 12.9. The zero-order valence-corrected chi connectivity index (χ0v) is 13.7. The van der Waals surface area contributed by atoms with Gasteiger partial charge in [0.15, 0.2) is 0 Å². The third-order valence-electron chi connectivity index (χ3n) is 3.72. The van der Waals surface area contributed by atoms with Gasteiger partial charge in [-0.25, -0.2) is 4.99 Å². The minimum atomic E-state index is -0.101. The Kier molecular flexibility index (Phi) is 5.32. The number of thioether (sulfide) groups is 1. The molecule has 2 N–H and O–H groups in total. The van der Waals surface area contributed by atoms with Crippen LogP contribution < -0.4 is 5.73 Å². The second-order valence-corrected chi connectivity index (χ2v) is 6.41. The van der Waals surface area contributed by atoms with Crippen LogP contribution >= 0.6 is 11.8 Å². The molecule has 0 amide bonds. The van der Waals surface area contributed by atoms with Gasteiger partial charge in [0.1, 0.15) is 29.2 Å². The fourth-order valence-electron chi connectivity index (χ4n) is 2.62. The predicted octanol–water partition coefficient (Wildman–Crippen LogP) is 1.15. The molecule has 7 heteroatoms. The maximum atomic E-state index is 5.84. The molecule has 6 nitrogen and oxygen atoms in total. The lowest BCUT2D eigenvalue weighted by molar-refractivity contribution is -0.0466. The van der Waals surface area contributed by atoms with E-state index in [0.29, 0.717) is 18.3 Å².